The minimum absolute atomic E-state index is 0.0238. The molecule has 0 heterocycles. The Bertz CT molecular complexity index is 561. The lowest BCUT2D eigenvalue weighted by molar-refractivity contribution is 0.425. The van der Waals surface area contributed by atoms with Gasteiger partial charge in [-0.05, 0) is 47.4 Å². The fourth-order valence-electron chi connectivity index (χ4n) is 3.52. The highest BCUT2D eigenvalue weighted by Gasteiger charge is 2.31. The molecule has 1 aromatic carbocycles. The molecule has 4 heteroatoms. The van der Waals surface area contributed by atoms with Crippen molar-refractivity contribution in [3.8, 4) is 0 Å². The summed E-state index contributed by atoms with van der Waals surface area (Å²) in [6, 6.07) is 8.91. The van der Waals surface area contributed by atoms with Gasteiger partial charge in [0.15, 0.2) is 5.17 Å². The number of hydrogen-bond acceptors (Lipinski definition) is 3. The van der Waals surface area contributed by atoms with Gasteiger partial charge in [0.25, 0.3) is 0 Å². The van der Waals surface area contributed by atoms with Gasteiger partial charge in [0.05, 0.1) is 0 Å². The molecule has 2 atom stereocenters. The van der Waals surface area contributed by atoms with Crippen molar-refractivity contribution >= 4 is 23.1 Å². The van der Waals surface area contributed by atoms with Gasteiger partial charge >= 0.3 is 0 Å². The fraction of sp³-hybridized carbons (Fsp3) is 0.600. The molecule has 1 aromatic rings. The number of thioether (sulfide) groups is 1. The molecule has 0 aliphatic carbocycles. The fourth-order valence-corrected chi connectivity index (χ4v) is 4.55. The standard InChI is InChI=1S/C20H33N3S/c1-14(12-21)11-15(2)16-7-9-17(10-8-16)19(3,4)13-20(5,6)24-18(22)23/h7-10,12,14-15,21H,11,13H2,1-6H3,(H3,22,23). The van der Waals surface area contributed by atoms with E-state index in [9.17, 15) is 0 Å². The molecule has 1 rings (SSSR count). The number of rotatable bonds is 8. The third-order valence-electron chi connectivity index (χ3n) is 4.52. The predicted octanol–water partition coefficient (Wildman–Crippen LogP) is 5.54. The van der Waals surface area contributed by atoms with Gasteiger partial charge in [0, 0.05) is 4.75 Å². The van der Waals surface area contributed by atoms with Crippen molar-refractivity contribution in [1.82, 2.24) is 0 Å². The van der Waals surface area contributed by atoms with Gasteiger partial charge in [-0.3, -0.25) is 5.41 Å². The predicted molar refractivity (Wildman–Crippen MR) is 109 cm³/mol. The summed E-state index contributed by atoms with van der Waals surface area (Å²) in [5.41, 5.74) is 8.24. The van der Waals surface area contributed by atoms with E-state index in [2.05, 4.69) is 65.8 Å². The van der Waals surface area contributed by atoms with Crippen LogP contribution in [0.1, 0.15) is 71.4 Å². The quantitative estimate of drug-likeness (QED) is 0.427. The maximum absolute atomic E-state index is 7.53. The van der Waals surface area contributed by atoms with Crippen LogP contribution in [-0.2, 0) is 5.41 Å². The summed E-state index contributed by atoms with van der Waals surface area (Å²) in [4.78, 5) is 0. The second-order valence-corrected chi connectivity index (χ2v) is 9.94. The van der Waals surface area contributed by atoms with Gasteiger partial charge in [0.1, 0.15) is 0 Å². The molecule has 24 heavy (non-hydrogen) atoms. The van der Waals surface area contributed by atoms with Crippen LogP contribution < -0.4 is 5.73 Å². The molecule has 0 aliphatic heterocycles. The molecule has 0 bridgehead atoms. The van der Waals surface area contributed by atoms with Crippen molar-refractivity contribution in [2.24, 2.45) is 11.7 Å². The van der Waals surface area contributed by atoms with Crippen LogP contribution in [0.5, 0.6) is 0 Å². The van der Waals surface area contributed by atoms with E-state index in [1.165, 1.54) is 29.1 Å². The number of nitrogens with two attached hydrogens (primary N) is 1. The summed E-state index contributed by atoms with van der Waals surface area (Å²) in [7, 11) is 0. The Hall–Kier alpha value is -1.29. The van der Waals surface area contributed by atoms with Gasteiger partial charge in [-0.25, -0.2) is 0 Å². The topological polar surface area (TPSA) is 73.7 Å². The van der Waals surface area contributed by atoms with E-state index in [-0.39, 0.29) is 15.3 Å². The number of nitrogens with one attached hydrogen (secondary N) is 2. The Kier molecular flexibility index (Phi) is 7.09. The molecule has 134 valence electrons. The summed E-state index contributed by atoms with van der Waals surface area (Å²) >= 11 is 1.44. The summed E-state index contributed by atoms with van der Waals surface area (Å²) in [5, 5.41) is 15.1. The second-order valence-electron chi connectivity index (χ2n) is 8.19. The minimum atomic E-state index is -0.0688. The van der Waals surface area contributed by atoms with Crippen LogP contribution in [0.2, 0.25) is 0 Å². The zero-order chi connectivity index (χ0) is 18.5. The molecule has 0 amide bonds. The average molecular weight is 348 g/mol. The van der Waals surface area contributed by atoms with Crippen LogP contribution in [0.4, 0.5) is 0 Å². The summed E-state index contributed by atoms with van der Waals surface area (Å²) in [6.07, 6.45) is 3.49. The lowest BCUT2D eigenvalue weighted by Crippen LogP contribution is -2.31. The molecule has 0 fully saturated rings. The SMILES string of the molecule is CC(C=N)CC(C)c1ccc(C(C)(C)CC(C)(C)SC(=N)N)cc1. The molecule has 0 saturated carbocycles. The first-order chi connectivity index (χ1) is 11.0. The molecule has 0 radical (unpaired) electrons. The number of hydrogen-bond donors (Lipinski definition) is 3. The van der Waals surface area contributed by atoms with E-state index < -0.39 is 0 Å². The lowest BCUT2D eigenvalue weighted by atomic mass is 9.77. The van der Waals surface area contributed by atoms with Crippen molar-refractivity contribution in [3.05, 3.63) is 35.4 Å². The average Bonchev–Trinajstić information content (AvgIpc) is 2.44. The largest absolute Gasteiger partial charge is 0.379 e. The van der Waals surface area contributed by atoms with Crippen molar-refractivity contribution in [1.29, 1.82) is 10.8 Å². The highest BCUT2D eigenvalue weighted by molar-refractivity contribution is 8.14. The molecular formula is C20H33N3S. The molecule has 4 N–H and O–H groups in total. The molecule has 2 unspecified atom stereocenters. The van der Waals surface area contributed by atoms with E-state index in [1.807, 2.05) is 0 Å². The third-order valence-corrected chi connectivity index (χ3v) is 5.44. The van der Waals surface area contributed by atoms with E-state index in [4.69, 9.17) is 16.6 Å². The number of amidine groups is 1. The monoisotopic (exact) mass is 347 g/mol. The second kappa shape index (κ2) is 8.19. The van der Waals surface area contributed by atoms with E-state index in [1.54, 1.807) is 0 Å². The van der Waals surface area contributed by atoms with E-state index in [0.29, 0.717) is 11.8 Å². The first kappa shape index (κ1) is 20.8. The molecule has 0 aliphatic rings. The molecule has 3 nitrogen and oxygen atoms in total. The van der Waals surface area contributed by atoms with Crippen LogP contribution in [0, 0.1) is 16.7 Å². The zero-order valence-electron chi connectivity index (χ0n) is 15.9. The summed E-state index contributed by atoms with van der Waals surface area (Å²) in [5.74, 6) is 0.781. The maximum Gasteiger partial charge on any atom is 0.151 e. The lowest BCUT2D eigenvalue weighted by Gasteiger charge is -2.34. The van der Waals surface area contributed by atoms with Crippen molar-refractivity contribution in [2.45, 2.75) is 70.5 Å². The zero-order valence-corrected chi connectivity index (χ0v) is 16.8. The smallest absolute Gasteiger partial charge is 0.151 e. The molecule has 0 saturated heterocycles. The first-order valence-corrected chi connectivity index (χ1v) is 9.42. The van der Waals surface area contributed by atoms with E-state index >= 15 is 0 Å². The van der Waals surface area contributed by atoms with Crippen LogP contribution in [-0.4, -0.2) is 16.1 Å². The Morgan fingerprint density at radius 2 is 1.71 bits per heavy atom. The first-order valence-electron chi connectivity index (χ1n) is 8.61. The highest BCUT2D eigenvalue weighted by Crippen LogP contribution is 2.39. The Balaban J connectivity index is 2.86. The Labute approximate surface area is 151 Å². The normalized spacial score (nSPS) is 14.9. The number of benzene rings is 1. The van der Waals surface area contributed by atoms with Crippen molar-refractivity contribution in [3.63, 3.8) is 0 Å². The van der Waals surface area contributed by atoms with Gasteiger partial charge in [-0.1, -0.05) is 77.6 Å². The Morgan fingerprint density at radius 3 is 2.17 bits per heavy atom. The highest BCUT2D eigenvalue weighted by atomic mass is 32.2. The van der Waals surface area contributed by atoms with Gasteiger partial charge in [-0.2, -0.15) is 0 Å². The van der Waals surface area contributed by atoms with Crippen molar-refractivity contribution in [2.75, 3.05) is 0 Å². The summed E-state index contributed by atoms with van der Waals surface area (Å²) < 4.78 is -0.0688. The van der Waals surface area contributed by atoms with Gasteiger partial charge in [-0.15, -0.1) is 0 Å². The molecule has 0 spiro atoms. The Morgan fingerprint density at radius 1 is 1.17 bits per heavy atom. The minimum Gasteiger partial charge on any atom is -0.379 e. The summed E-state index contributed by atoms with van der Waals surface area (Å²) in [6.45, 7) is 13.1. The van der Waals surface area contributed by atoms with Crippen LogP contribution in [0.25, 0.3) is 0 Å². The van der Waals surface area contributed by atoms with Crippen LogP contribution in [0.15, 0.2) is 24.3 Å². The van der Waals surface area contributed by atoms with Gasteiger partial charge in [0.2, 0.25) is 0 Å². The van der Waals surface area contributed by atoms with Gasteiger partial charge < -0.3 is 11.1 Å². The van der Waals surface area contributed by atoms with Crippen LogP contribution >= 0.6 is 11.8 Å². The van der Waals surface area contributed by atoms with Crippen molar-refractivity contribution < 1.29 is 0 Å². The molecular weight excluding hydrogens is 314 g/mol. The maximum atomic E-state index is 7.53. The van der Waals surface area contributed by atoms with E-state index in [0.717, 1.165) is 12.8 Å². The van der Waals surface area contributed by atoms with Crippen LogP contribution in [0.3, 0.4) is 0 Å². The third kappa shape index (κ3) is 6.31. The molecule has 0 aromatic heterocycles.